The van der Waals surface area contributed by atoms with Gasteiger partial charge in [-0.2, -0.15) is 0 Å². The van der Waals surface area contributed by atoms with Crippen molar-refractivity contribution in [2.24, 2.45) is 5.92 Å². The van der Waals surface area contributed by atoms with Crippen LogP contribution in [0.3, 0.4) is 0 Å². The summed E-state index contributed by atoms with van der Waals surface area (Å²) >= 11 is 0. The van der Waals surface area contributed by atoms with Crippen molar-refractivity contribution in [3.8, 4) is 0 Å². The fourth-order valence-electron chi connectivity index (χ4n) is 3.38. The number of amides is 1. The third-order valence-electron chi connectivity index (χ3n) is 5.16. The summed E-state index contributed by atoms with van der Waals surface area (Å²) in [5.41, 5.74) is 2.86. The van der Waals surface area contributed by atoms with Gasteiger partial charge < -0.3 is 5.32 Å². The molecule has 0 bridgehead atoms. The fourth-order valence-corrected chi connectivity index (χ4v) is 3.38. The molecule has 1 amide bonds. The Balaban J connectivity index is 1.45. The highest BCUT2D eigenvalue weighted by Gasteiger charge is 2.23. The van der Waals surface area contributed by atoms with E-state index in [9.17, 15) is 4.79 Å². The maximum Gasteiger partial charge on any atom is 0.220 e. The Morgan fingerprint density at radius 1 is 1.29 bits per heavy atom. The number of hydrogen-bond donors (Lipinski definition) is 1. The molecule has 21 heavy (non-hydrogen) atoms. The summed E-state index contributed by atoms with van der Waals surface area (Å²) in [5, 5.41) is 3.14. The second-order valence-corrected chi connectivity index (χ2v) is 6.68. The van der Waals surface area contributed by atoms with E-state index >= 15 is 0 Å². The topological polar surface area (TPSA) is 32.3 Å². The van der Waals surface area contributed by atoms with Crippen LogP contribution in [0.15, 0.2) is 24.3 Å². The van der Waals surface area contributed by atoms with E-state index in [0.29, 0.717) is 12.5 Å². The Kier molecular flexibility index (Phi) is 4.59. The predicted octanol–water partition coefficient (Wildman–Crippen LogP) is 2.74. The van der Waals surface area contributed by atoms with Gasteiger partial charge in [0.1, 0.15) is 0 Å². The maximum absolute atomic E-state index is 12.0. The van der Waals surface area contributed by atoms with Gasteiger partial charge in [0.05, 0.1) is 0 Å². The van der Waals surface area contributed by atoms with Crippen molar-refractivity contribution in [2.75, 3.05) is 13.6 Å². The van der Waals surface area contributed by atoms with Gasteiger partial charge in [-0.15, -0.1) is 0 Å². The number of benzene rings is 1. The van der Waals surface area contributed by atoms with E-state index in [2.05, 4.69) is 41.5 Å². The van der Waals surface area contributed by atoms with Crippen LogP contribution < -0.4 is 5.32 Å². The average molecular weight is 286 g/mol. The van der Waals surface area contributed by atoms with E-state index in [1.807, 2.05) is 0 Å². The van der Waals surface area contributed by atoms with Crippen molar-refractivity contribution in [1.82, 2.24) is 10.2 Å². The molecule has 2 aliphatic rings. The van der Waals surface area contributed by atoms with Crippen LogP contribution in [-0.2, 0) is 17.8 Å². The van der Waals surface area contributed by atoms with E-state index in [1.54, 1.807) is 0 Å². The van der Waals surface area contributed by atoms with E-state index in [-0.39, 0.29) is 5.91 Å². The molecule has 0 unspecified atom stereocenters. The van der Waals surface area contributed by atoms with Crippen LogP contribution in [0.25, 0.3) is 0 Å². The van der Waals surface area contributed by atoms with Crippen LogP contribution in [0.1, 0.15) is 43.2 Å². The Labute approximate surface area is 127 Å². The summed E-state index contributed by atoms with van der Waals surface area (Å²) < 4.78 is 0. The monoisotopic (exact) mass is 286 g/mol. The van der Waals surface area contributed by atoms with Crippen LogP contribution in [0, 0.1) is 5.92 Å². The highest BCUT2D eigenvalue weighted by atomic mass is 16.1. The first-order chi connectivity index (χ1) is 10.2. The number of nitrogens with zero attached hydrogens (tertiary/aromatic N) is 1. The first-order valence-corrected chi connectivity index (χ1v) is 8.26. The normalized spacial score (nSPS) is 22.4. The minimum atomic E-state index is 0.231. The summed E-state index contributed by atoms with van der Waals surface area (Å²) in [4.78, 5) is 14.3. The highest BCUT2D eigenvalue weighted by molar-refractivity contribution is 5.75. The summed E-state index contributed by atoms with van der Waals surface area (Å²) in [6.07, 6.45) is 6.84. The lowest BCUT2D eigenvalue weighted by Crippen LogP contribution is -2.45. The predicted molar refractivity (Wildman–Crippen MR) is 85.0 cm³/mol. The molecule has 1 N–H and O–H groups in total. The number of carbonyl (C=O) groups is 1. The van der Waals surface area contributed by atoms with Crippen LogP contribution in [0.4, 0.5) is 0 Å². The van der Waals surface area contributed by atoms with Crippen molar-refractivity contribution >= 4 is 5.91 Å². The molecular weight excluding hydrogens is 260 g/mol. The van der Waals surface area contributed by atoms with Crippen molar-refractivity contribution in [1.29, 1.82) is 0 Å². The lowest BCUT2D eigenvalue weighted by atomic mass is 9.82. The van der Waals surface area contributed by atoms with E-state index in [1.165, 1.54) is 30.4 Å². The zero-order valence-corrected chi connectivity index (χ0v) is 13.0. The quantitative estimate of drug-likeness (QED) is 0.902. The number of likely N-dealkylation sites (N-methyl/N-ethyl adjacent to an activating group) is 1. The molecule has 1 aromatic carbocycles. The van der Waals surface area contributed by atoms with Gasteiger partial charge in [0.15, 0.2) is 0 Å². The second-order valence-electron chi connectivity index (χ2n) is 6.68. The molecule has 0 radical (unpaired) electrons. The molecule has 0 saturated heterocycles. The van der Waals surface area contributed by atoms with Crippen LogP contribution in [-0.4, -0.2) is 30.4 Å². The lowest BCUT2D eigenvalue weighted by Gasteiger charge is -2.34. The molecule has 1 aliphatic carbocycles. The molecule has 3 rings (SSSR count). The van der Waals surface area contributed by atoms with Crippen LogP contribution in [0.5, 0.6) is 0 Å². The van der Waals surface area contributed by atoms with Crippen molar-refractivity contribution < 1.29 is 4.79 Å². The van der Waals surface area contributed by atoms with Gasteiger partial charge in [-0.1, -0.05) is 43.5 Å². The van der Waals surface area contributed by atoms with E-state index in [0.717, 1.165) is 31.8 Å². The first kappa shape index (κ1) is 14.6. The Morgan fingerprint density at radius 2 is 2.05 bits per heavy atom. The number of hydrogen-bond acceptors (Lipinski definition) is 2. The summed E-state index contributed by atoms with van der Waals surface area (Å²) in [6, 6.07) is 9.06. The molecule has 0 aromatic heterocycles. The minimum Gasteiger partial charge on any atom is -0.355 e. The van der Waals surface area contributed by atoms with Crippen molar-refractivity contribution in [2.45, 2.75) is 51.1 Å². The SMILES string of the molecule is CN1Cc2ccccc2C[C@H]1CNC(=O)CCC1CCC1. The Morgan fingerprint density at radius 3 is 2.76 bits per heavy atom. The molecule has 3 nitrogen and oxygen atoms in total. The van der Waals surface area contributed by atoms with Crippen molar-refractivity contribution in [3.05, 3.63) is 35.4 Å². The lowest BCUT2D eigenvalue weighted by molar-refractivity contribution is -0.121. The minimum absolute atomic E-state index is 0.231. The smallest absolute Gasteiger partial charge is 0.220 e. The molecule has 0 spiro atoms. The number of carbonyl (C=O) groups excluding carboxylic acids is 1. The first-order valence-electron chi connectivity index (χ1n) is 8.26. The average Bonchev–Trinajstić information content (AvgIpc) is 2.43. The van der Waals surface area contributed by atoms with Gasteiger partial charge in [-0.25, -0.2) is 0 Å². The zero-order chi connectivity index (χ0) is 14.7. The van der Waals surface area contributed by atoms with Crippen LogP contribution in [0.2, 0.25) is 0 Å². The van der Waals surface area contributed by atoms with Gasteiger partial charge in [0, 0.05) is 25.6 Å². The van der Waals surface area contributed by atoms with E-state index < -0.39 is 0 Å². The van der Waals surface area contributed by atoms with Crippen molar-refractivity contribution in [3.63, 3.8) is 0 Å². The largest absolute Gasteiger partial charge is 0.355 e. The Bertz CT molecular complexity index is 496. The molecule has 3 heteroatoms. The van der Waals surface area contributed by atoms with Gasteiger partial charge >= 0.3 is 0 Å². The maximum atomic E-state index is 12.0. The molecule has 1 fully saturated rings. The molecule has 114 valence electrons. The second kappa shape index (κ2) is 6.61. The highest BCUT2D eigenvalue weighted by Crippen LogP contribution is 2.30. The van der Waals surface area contributed by atoms with Gasteiger partial charge in [-0.3, -0.25) is 9.69 Å². The summed E-state index contributed by atoms with van der Waals surface area (Å²) in [5.74, 6) is 1.05. The summed E-state index contributed by atoms with van der Waals surface area (Å²) in [6.45, 7) is 1.76. The standard InChI is InChI=1S/C18H26N2O/c1-20-13-16-8-3-2-7-15(16)11-17(20)12-19-18(21)10-9-14-5-4-6-14/h2-3,7-8,14,17H,4-6,9-13H2,1H3,(H,19,21)/t17-/m0/s1. The molecule has 1 atom stereocenters. The van der Waals surface area contributed by atoms with Gasteiger partial charge in [-0.05, 0) is 36.9 Å². The fraction of sp³-hybridized carbons (Fsp3) is 0.611. The van der Waals surface area contributed by atoms with E-state index in [4.69, 9.17) is 0 Å². The van der Waals surface area contributed by atoms with Gasteiger partial charge in [0.2, 0.25) is 5.91 Å². The third-order valence-corrected chi connectivity index (χ3v) is 5.16. The molecular formula is C18H26N2O. The molecule has 1 aliphatic heterocycles. The van der Waals surface area contributed by atoms with Gasteiger partial charge in [0.25, 0.3) is 0 Å². The van der Waals surface area contributed by atoms with Crippen LogP contribution >= 0.6 is 0 Å². The zero-order valence-electron chi connectivity index (χ0n) is 13.0. The Hall–Kier alpha value is -1.35. The number of fused-ring (bicyclic) bond motifs is 1. The third kappa shape index (κ3) is 3.65. The number of nitrogens with one attached hydrogen (secondary N) is 1. The molecule has 1 aromatic rings. The molecule has 1 heterocycles. The summed E-state index contributed by atoms with van der Waals surface area (Å²) in [7, 11) is 2.15. The molecule has 1 saturated carbocycles. The number of rotatable bonds is 5.